The molecule has 0 atom stereocenters. The van der Waals surface area contributed by atoms with Gasteiger partial charge in [0.25, 0.3) is 0 Å². The van der Waals surface area contributed by atoms with Crippen LogP contribution in [0.4, 0.5) is 15.9 Å². The smallest absolute Gasteiger partial charge is 0.313 e. The molecule has 124 valence electrons. The molecule has 0 bridgehead atoms. The fraction of sp³-hybridized carbons (Fsp3) is 0.235. The Hall–Kier alpha value is -2.96. The molecule has 0 unspecified atom stereocenters. The summed E-state index contributed by atoms with van der Waals surface area (Å²) in [5.41, 5.74) is 0.391. The molecule has 0 spiro atoms. The Morgan fingerprint density at radius 1 is 1.00 bits per heavy atom. The molecular weight excluding hydrogens is 311 g/mol. The summed E-state index contributed by atoms with van der Waals surface area (Å²) in [4.78, 5) is 32.1. The number of halogens is 1. The summed E-state index contributed by atoms with van der Waals surface area (Å²) >= 11 is 0. The molecule has 0 saturated carbocycles. The molecule has 2 heterocycles. The third kappa shape index (κ3) is 3.68. The zero-order valence-corrected chi connectivity index (χ0v) is 13.0. The second-order valence-corrected chi connectivity index (χ2v) is 5.43. The van der Waals surface area contributed by atoms with E-state index in [4.69, 9.17) is 0 Å². The number of anilines is 2. The Kier molecular flexibility index (Phi) is 4.69. The van der Waals surface area contributed by atoms with E-state index in [2.05, 4.69) is 15.2 Å². The molecule has 1 N–H and O–H groups in total. The third-order valence-electron chi connectivity index (χ3n) is 3.84. The van der Waals surface area contributed by atoms with E-state index in [-0.39, 0.29) is 0 Å². The van der Waals surface area contributed by atoms with Gasteiger partial charge in [-0.05, 0) is 36.4 Å². The van der Waals surface area contributed by atoms with Crippen molar-refractivity contribution in [3.63, 3.8) is 0 Å². The van der Waals surface area contributed by atoms with Crippen LogP contribution in [0, 0.1) is 5.82 Å². The van der Waals surface area contributed by atoms with E-state index >= 15 is 0 Å². The van der Waals surface area contributed by atoms with Crippen LogP contribution in [0.5, 0.6) is 0 Å². The molecular formula is C17H17FN4O2. The number of carbonyl (C=O) groups is 2. The van der Waals surface area contributed by atoms with E-state index < -0.39 is 17.6 Å². The number of nitrogens with one attached hydrogen (secondary N) is 1. The summed E-state index contributed by atoms with van der Waals surface area (Å²) in [6, 6.07) is 11.0. The first-order valence-corrected chi connectivity index (χ1v) is 7.65. The summed E-state index contributed by atoms with van der Waals surface area (Å²) in [5, 5.41) is 2.49. The predicted octanol–water partition coefficient (Wildman–Crippen LogP) is 1.51. The van der Waals surface area contributed by atoms with Crippen LogP contribution in [0.1, 0.15) is 0 Å². The second kappa shape index (κ2) is 7.08. The van der Waals surface area contributed by atoms with E-state index in [1.807, 2.05) is 18.2 Å². The van der Waals surface area contributed by atoms with E-state index in [1.165, 1.54) is 29.2 Å². The number of hydrogen-bond donors (Lipinski definition) is 1. The summed E-state index contributed by atoms with van der Waals surface area (Å²) in [7, 11) is 0. The largest absolute Gasteiger partial charge is 0.353 e. The lowest BCUT2D eigenvalue weighted by atomic mass is 10.2. The molecule has 0 radical (unpaired) electrons. The van der Waals surface area contributed by atoms with Gasteiger partial charge in [-0.15, -0.1) is 0 Å². The number of hydrogen-bond acceptors (Lipinski definition) is 4. The van der Waals surface area contributed by atoms with Gasteiger partial charge in [0.1, 0.15) is 11.6 Å². The number of rotatable bonds is 2. The average Bonchev–Trinajstić information content (AvgIpc) is 2.64. The molecule has 1 aliphatic heterocycles. The van der Waals surface area contributed by atoms with Gasteiger partial charge in [-0.25, -0.2) is 9.37 Å². The van der Waals surface area contributed by atoms with Gasteiger partial charge in [0, 0.05) is 38.1 Å². The summed E-state index contributed by atoms with van der Waals surface area (Å²) < 4.78 is 12.9. The quantitative estimate of drug-likeness (QED) is 0.849. The van der Waals surface area contributed by atoms with Gasteiger partial charge in [-0.2, -0.15) is 0 Å². The van der Waals surface area contributed by atoms with Gasteiger partial charge in [-0.3, -0.25) is 9.59 Å². The van der Waals surface area contributed by atoms with Crippen molar-refractivity contribution in [1.29, 1.82) is 0 Å². The van der Waals surface area contributed by atoms with Crippen LogP contribution in [0.2, 0.25) is 0 Å². The molecule has 2 aromatic rings. The SMILES string of the molecule is O=C(Nc1ccc(F)cc1)C(=O)N1CCN(c2ccccn2)CC1. The highest BCUT2D eigenvalue weighted by atomic mass is 19.1. The van der Waals surface area contributed by atoms with Crippen LogP contribution in [-0.2, 0) is 9.59 Å². The van der Waals surface area contributed by atoms with Gasteiger partial charge in [-0.1, -0.05) is 6.07 Å². The molecule has 24 heavy (non-hydrogen) atoms. The van der Waals surface area contributed by atoms with E-state index in [0.717, 1.165) is 5.82 Å². The molecule has 1 fully saturated rings. The second-order valence-electron chi connectivity index (χ2n) is 5.43. The summed E-state index contributed by atoms with van der Waals surface area (Å²) in [6.07, 6.45) is 1.73. The van der Waals surface area contributed by atoms with Gasteiger partial charge < -0.3 is 15.1 Å². The maximum absolute atomic E-state index is 12.9. The highest BCUT2D eigenvalue weighted by Gasteiger charge is 2.26. The number of benzene rings is 1. The Balaban J connectivity index is 1.54. The van der Waals surface area contributed by atoms with Crippen molar-refractivity contribution in [2.24, 2.45) is 0 Å². The maximum Gasteiger partial charge on any atom is 0.313 e. The van der Waals surface area contributed by atoms with Crippen molar-refractivity contribution in [3.05, 3.63) is 54.5 Å². The van der Waals surface area contributed by atoms with Crippen molar-refractivity contribution in [2.75, 3.05) is 36.4 Å². The van der Waals surface area contributed by atoms with Crippen molar-refractivity contribution in [1.82, 2.24) is 9.88 Å². The first-order valence-electron chi connectivity index (χ1n) is 7.65. The van der Waals surface area contributed by atoms with Crippen molar-refractivity contribution >= 4 is 23.3 Å². The van der Waals surface area contributed by atoms with Crippen molar-refractivity contribution in [2.45, 2.75) is 0 Å². The highest BCUT2D eigenvalue weighted by Crippen LogP contribution is 2.13. The van der Waals surface area contributed by atoms with Crippen LogP contribution in [0.15, 0.2) is 48.7 Å². The maximum atomic E-state index is 12.9. The standard InChI is InChI=1S/C17H17FN4O2/c18-13-4-6-14(7-5-13)20-16(23)17(24)22-11-9-21(10-12-22)15-3-1-2-8-19-15/h1-8H,9-12H2,(H,20,23). The fourth-order valence-corrected chi connectivity index (χ4v) is 2.54. The zero-order chi connectivity index (χ0) is 16.9. The highest BCUT2D eigenvalue weighted by molar-refractivity contribution is 6.39. The number of aromatic nitrogens is 1. The van der Waals surface area contributed by atoms with Crippen LogP contribution in [0.3, 0.4) is 0 Å². The minimum Gasteiger partial charge on any atom is -0.353 e. The van der Waals surface area contributed by atoms with Gasteiger partial charge in [0.15, 0.2) is 0 Å². The van der Waals surface area contributed by atoms with Crippen LogP contribution >= 0.6 is 0 Å². The lowest BCUT2D eigenvalue weighted by molar-refractivity contribution is -0.143. The predicted molar refractivity (Wildman–Crippen MR) is 88.1 cm³/mol. The normalized spacial score (nSPS) is 14.4. The van der Waals surface area contributed by atoms with Crippen molar-refractivity contribution < 1.29 is 14.0 Å². The van der Waals surface area contributed by atoms with Crippen molar-refractivity contribution in [3.8, 4) is 0 Å². The van der Waals surface area contributed by atoms with E-state index in [1.54, 1.807) is 6.20 Å². The topological polar surface area (TPSA) is 65.5 Å². The average molecular weight is 328 g/mol. The van der Waals surface area contributed by atoms with E-state index in [9.17, 15) is 14.0 Å². The molecule has 2 amide bonds. The van der Waals surface area contributed by atoms with Gasteiger partial charge in [0.2, 0.25) is 0 Å². The Morgan fingerprint density at radius 3 is 2.33 bits per heavy atom. The minimum absolute atomic E-state index is 0.391. The summed E-state index contributed by atoms with van der Waals surface area (Å²) in [6.45, 7) is 2.14. The molecule has 6 nitrogen and oxygen atoms in total. The molecule has 7 heteroatoms. The number of piperazine rings is 1. The van der Waals surface area contributed by atoms with Crippen LogP contribution < -0.4 is 10.2 Å². The minimum atomic E-state index is -0.715. The molecule has 1 aliphatic rings. The molecule has 1 saturated heterocycles. The Morgan fingerprint density at radius 2 is 1.71 bits per heavy atom. The molecule has 1 aromatic heterocycles. The first kappa shape index (κ1) is 15.9. The fourth-order valence-electron chi connectivity index (χ4n) is 2.54. The monoisotopic (exact) mass is 328 g/mol. The molecule has 3 rings (SSSR count). The number of pyridine rings is 1. The van der Waals surface area contributed by atoms with Gasteiger partial charge >= 0.3 is 11.8 Å². The first-order chi connectivity index (χ1) is 11.6. The number of amides is 2. The van der Waals surface area contributed by atoms with Crippen LogP contribution in [-0.4, -0.2) is 47.9 Å². The number of carbonyl (C=O) groups excluding carboxylic acids is 2. The summed E-state index contributed by atoms with van der Waals surface area (Å²) in [5.74, 6) is -0.835. The van der Waals surface area contributed by atoms with Gasteiger partial charge in [0.05, 0.1) is 0 Å². The van der Waals surface area contributed by atoms with E-state index in [0.29, 0.717) is 31.9 Å². The Bertz CT molecular complexity index is 713. The lowest BCUT2D eigenvalue weighted by Crippen LogP contribution is -2.51. The lowest BCUT2D eigenvalue weighted by Gasteiger charge is -2.34. The third-order valence-corrected chi connectivity index (χ3v) is 3.84. The molecule has 1 aromatic carbocycles. The Labute approximate surface area is 138 Å². The van der Waals surface area contributed by atoms with Crippen LogP contribution in [0.25, 0.3) is 0 Å². The molecule has 0 aliphatic carbocycles. The zero-order valence-electron chi connectivity index (χ0n) is 13.0. The number of nitrogens with zero attached hydrogens (tertiary/aromatic N) is 3.